The van der Waals surface area contributed by atoms with E-state index < -0.39 is 11.5 Å². The first kappa shape index (κ1) is 17.6. The van der Waals surface area contributed by atoms with E-state index in [1.165, 1.54) is 6.07 Å². The lowest BCUT2D eigenvalue weighted by molar-refractivity contribution is -0.385. The SMILES string of the molecule is CCN(Cc1cc([N+](=O)[O-])cc(Cl)c1OC(F)F)C(C)C. The van der Waals surface area contributed by atoms with Crippen LogP contribution in [0.3, 0.4) is 0 Å². The second kappa shape index (κ2) is 7.51. The van der Waals surface area contributed by atoms with Gasteiger partial charge in [-0.1, -0.05) is 18.5 Å². The zero-order chi connectivity index (χ0) is 16.2. The Kier molecular flexibility index (Phi) is 6.29. The van der Waals surface area contributed by atoms with E-state index >= 15 is 0 Å². The van der Waals surface area contributed by atoms with E-state index in [9.17, 15) is 18.9 Å². The van der Waals surface area contributed by atoms with Gasteiger partial charge in [0, 0.05) is 30.3 Å². The Bertz CT molecular complexity index is 512. The highest BCUT2D eigenvalue weighted by Gasteiger charge is 2.21. The highest BCUT2D eigenvalue weighted by Crippen LogP contribution is 2.35. The van der Waals surface area contributed by atoms with Crippen molar-refractivity contribution < 1.29 is 18.4 Å². The molecule has 0 aliphatic rings. The minimum Gasteiger partial charge on any atom is -0.433 e. The van der Waals surface area contributed by atoms with Crippen molar-refractivity contribution in [1.82, 2.24) is 4.90 Å². The smallest absolute Gasteiger partial charge is 0.387 e. The van der Waals surface area contributed by atoms with Gasteiger partial charge in [0.15, 0.2) is 0 Å². The molecule has 0 saturated heterocycles. The molecule has 0 spiro atoms. The molecule has 0 aliphatic carbocycles. The number of non-ortho nitro benzene ring substituents is 1. The summed E-state index contributed by atoms with van der Waals surface area (Å²) < 4.78 is 29.4. The second-order valence-corrected chi connectivity index (χ2v) is 5.12. The van der Waals surface area contributed by atoms with Crippen LogP contribution in [0.1, 0.15) is 26.3 Å². The standard InChI is InChI=1S/C13H17ClF2N2O3/c1-4-17(8(2)3)7-9-5-10(18(19)20)6-11(14)12(9)21-13(15)16/h5-6,8,13H,4,7H2,1-3H3. The molecule has 1 rings (SSSR count). The van der Waals surface area contributed by atoms with Gasteiger partial charge in [-0.2, -0.15) is 8.78 Å². The van der Waals surface area contributed by atoms with Gasteiger partial charge in [0.25, 0.3) is 5.69 Å². The maximum Gasteiger partial charge on any atom is 0.387 e. The Morgan fingerprint density at radius 3 is 2.48 bits per heavy atom. The molecule has 0 N–H and O–H groups in total. The number of nitro groups is 1. The number of alkyl halides is 2. The zero-order valence-electron chi connectivity index (χ0n) is 12.0. The van der Waals surface area contributed by atoms with Crippen molar-refractivity contribution in [1.29, 1.82) is 0 Å². The van der Waals surface area contributed by atoms with Crippen LogP contribution in [-0.4, -0.2) is 29.0 Å². The second-order valence-electron chi connectivity index (χ2n) is 4.71. The molecule has 0 fully saturated rings. The Morgan fingerprint density at radius 1 is 1.43 bits per heavy atom. The summed E-state index contributed by atoms with van der Waals surface area (Å²) in [4.78, 5) is 12.2. The monoisotopic (exact) mass is 322 g/mol. The number of nitrogens with zero attached hydrogens (tertiary/aromatic N) is 2. The molecule has 0 heterocycles. The first-order valence-corrected chi connectivity index (χ1v) is 6.79. The summed E-state index contributed by atoms with van der Waals surface area (Å²) in [7, 11) is 0. The lowest BCUT2D eigenvalue weighted by atomic mass is 10.1. The topological polar surface area (TPSA) is 55.6 Å². The fourth-order valence-corrected chi connectivity index (χ4v) is 2.23. The lowest BCUT2D eigenvalue weighted by Crippen LogP contribution is -2.30. The summed E-state index contributed by atoms with van der Waals surface area (Å²) in [5.74, 6) is -0.212. The molecule has 0 aromatic heterocycles. The predicted molar refractivity (Wildman–Crippen MR) is 76.0 cm³/mol. The summed E-state index contributed by atoms with van der Waals surface area (Å²) in [5, 5.41) is 10.7. The van der Waals surface area contributed by atoms with Crippen molar-refractivity contribution in [3.63, 3.8) is 0 Å². The number of hydrogen-bond acceptors (Lipinski definition) is 4. The summed E-state index contributed by atoms with van der Waals surface area (Å²) in [6, 6.07) is 2.37. The molecule has 118 valence electrons. The molecular weight excluding hydrogens is 306 g/mol. The third kappa shape index (κ3) is 4.78. The average molecular weight is 323 g/mol. The molecule has 0 saturated carbocycles. The third-order valence-electron chi connectivity index (χ3n) is 3.03. The molecular formula is C13H17ClF2N2O3. The summed E-state index contributed by atoms with van der Waals surface area (Å²) in [6.07, 6.45) is 0. The first-order chi connectivity index (χ1) is 9.76. The van der Waals surface area contributed by atoms with Crippen LogP contribution in [0.15, 0.2) is 12.1 Å². The van der Waals surface area contributed by atoms with Gasteiger partial charge in [-0.25, -0.2) is 0 Å². The quantitative estimate of drug-likeness (QED) is 0.560. The van der Waals surface area contributed by atoms with Crippen LogP contribution < -0.4 is 4.74 Å². The van der Waals surface area contributed by atoms with Crippen LogP contribution >= 0.6 is 11.6 Å². The Morgan fingerprint density at radius 2 is 2.05 bits per heavy atom. The molecule has 1 aromatic carbocycles. The highest BCUT2D eigenvalue weighted by atomic mass is 35.5. The minimum atomic E-state index is -3.04. The number of rotatable bonds is 7. The lowest BCUT2D eigenvalue weighted by Gasteiger charge is -2.25. The fourth-order valence-electron chi connectivity index (χ4n) is 1.96. The molecule has 5 nitrogen and oxygen atoms in total. The molecule has 8 heteroatoms. The number of nitro benzene ring substituents is 1. The molecule has 0 amide bonds. The van der Waals surface area contributed by atoms with Gasteiger partial charge in [0.05, 0.1) is 9.95 Å². The first-order valence-electron chi connectivity index (χ1n) is 6.41. The molecule has 0 atom stereocenters. The fraction of sp³-hybridized carbons (Fsp3) is 0.538. The summed E-state index contributed by atoms with van der Waals surface area (Å²) in [5.41, 5.74) is 0.0153. The maximum atomic E-state index is 12.5. The van der Waals surface area contributed by atoms with Gasteiger partial charge in [-0.05, 0) is 20.4 Å². The van der Waals surface area contributed by atoms with Gasteiger partial charge in [0.1, 0.15) is 5.75 Å². The number of halogens is 3. The van der Waals surface area contributed by atoms with E-state index in [0.717, 1.165) is 6.07 Å². The Balaban J connectivity index is 3.26. The molecule has 1 aromatic rings. The maximum absolute atomic E-state index is 12.5. The van der Waals surface area contributed by atoms with Gasteiger partial charge < -0.3 is 4.74 Å². The zero-order valence-corrected chi connectivity index (χ0v) is 12.7. The van der Waals surface area contributed by atoms with Crippen LogP contribution in [0.4, 0.5) is 14.5 Å². The highest BCUT2D eigenvalue weighted by molar-refractivity contribution is 6.32. The molecule has 21 heavy (non-hydrogen) atoms. The molecule has 0 unspecified atom stereocenters. The van der Waals surface area contributed by atoms with Crippen LogP contribution in [0.5, 0.6) is 5.75 Å². The molecule has 0 bridgehead atoms. The van der Waals surface area contributed by atoms with E-state index in [1.54, 1.807) is 0 Å². The van der Waals surface area contributed by atoms with Crippen LogP contribution in [-0.2, 0) is 6.54 Å². The van der Waals surface area contributed by atoms with Crippen molar-refractivity contribution in [2.75, 3.05) is 6.54 Å². The number of hydrogen-bond donors (Lipinski definition) is 0. The van der Waals surface area contributed by atoms with Gasteiger partial charge in [0.2, 0.25) is 0 Å². The van der Waals surface area contributed by atoms with E-state index in [1.807, 2.05) is 25.7 Å². The van der Waals surface area contributed by atoms with Crippen molar-refractivity contribution >= 4 is 17.3 Å². The minimum absolute atomic E-state index is 0.146. The molecule has 0 aliphatic heterocycles. The predicted octanol–water partition coefficient (Wildman–Crippen LogP) is 4.08. The van der Waals surface area contributed by atoms with E-state index in [0.29, 0.717) is 6.54 Å². The third-order valence-corrected chi connectivity index (χ3v) is 3.31. The van der Waals surface area contributed by atoms with Gasteiger partial charge in [-0.15, -0.1) is 0 Å². The van der Waals surface area contributed by atoms with Crippen molar-refractivity contribution in [3.05, 3.63) is 32.8 Å². The normalized spacial score (nSPS) is 11.5. The van der Waals surface area contributed by atoms with Crippen LogP contribution in [0.2, 0.25) is 5.02 Å². The van der Waals surface area contributed by atoms with E-state index in [4.69, 9.17) is 11.6 Å². The van der Waals surface area contributed by atoms with Crippen molar-refractivity contribution in [3.8, 4) is 5.75 Å². The van der Waals surface area contributed by atoms with E-state index in [-0.39, 0.29) is 34.6 Å². The average Bonchev–Trinajstić information content (AvgIpc) is 2.37. The van der Waals surface area contributed by atoms with Gasteiger partial charge in [-0.3, -0.25) is 15.0 Å². The van der Waals surface area contributed by atoms with Crippen LogP contribution in [0.25, 0.3) is 0 Å². The van der Waals surface area contributed by atoms with E-state index in [2.05, 4.69) is 4.74 Å². The van der Waals surface area contributed by atoms with Crippen molar-refractivity contribution in [2.45, 2.75) is 40.0 Å². The Hall–Kier alpha value is -1.47. The van der Waals surface area contributed by atoms with Gasteiger partial charge >= 0.3 is 6.61 Å². The number of ether oxygens (including phenoxy) is 1. The Labute approximate surface area is 126 Å². The summed E-state index contributed by atoms with van der Waals surface area (Å²) >= 11 is 5.85. The summed E-state index contributed by atoms with van der Waals surface area (Å²) in [6.45, 7) is 3.64. The molecule has 0 radical (unpaired) electrons. The largest absolute Gasteiger partial charge is 0.433 e. The van der Waals surface area contributed by atoms with Crippen molar-refractivity contribution in [2.24, 2.45) is 0 Å². The number of benzene rings is 1. The van der Waals surface area contributed by atoms with Crippen LogP contribution in [0, 0.1) is 10.1 Å².